The molecule has 4 aliphatic rings. The molecule has 1 heterocycles. The molecule has 0 unspecified atom stereocenters. The van der Waals surface area contributed by atoms with E-state index in [9.17, 15) is 19.8 Å². The zero-order valence-corrected chi connectivity index (χ0v) is 16.3. The molecule has 2 amide bonds. The van der Waals surface area contributed by atoms with Crippen molar-refractivity contribution in [3.63, 3.8) is 0 Å². The number of aliphatic hydroxyl groups is 2. The van der Waals surface area contributed by atoms with Gasteiger partial charge in [0.05, 0.1) is 25.0 Å². The van der Waals surface area contributed by atoms with Crippen molar-refractivity contribution in [3.05, 3.63) is 0 Å². The molecule has 3 saturated carbocycles. The van der Waals surface area contributed by atoms with Crippen LogP contribution in [0.15, 0.2) is 0 Å². The van der Waals surface area contributed by atoms with Crippen LogP contribution in [0.25, 0.3) is 0 Å². The largest absolute Gasteiger partial charge is 0.395 e. The van der Waals surface area contributed by atoms with E-state index in [0.29, 0.717) is 43.3 Å². The molecule has 4 fully saturated rings. The highest BCUT2D eigenvalue weighted by Crippen LogP contribution is 2.56. The molecule has 6 nitrogen and oxygen atoms in total. The second-order valence-corrected chi connectivity index (χ2v) is 9.22. The fourth-order valence-electron chi connectivity index (χ4n) is 6.56. The van der Waals surface area contributed by atoms with Gasteiger partial charge in [0.15, 0.2) is 0 Å². The highest BCUT2D eigenvalue weighted by molar-refractivity contribution is 6.06. The molecule has 0 radical (unpaired) electrons. The minimum absolute atomic E-state index is 0.0152. The number of amides is 2. The summed E-state index contributed by atoms with van der Waals surface area (Å²) in [5, 5.41) is 18.6. The number of carbonyl (C=O) groups is 2. The van der Waals surface area contributed by atoms with Crippen molar-refractivity contribution in [1.82, 2.24) is 9.80 Å². The molecule has 6 atom stereocenters. The summed E-state index contributed by atoms with van der Waals surface area (Å²) in [4.78, 5) is 29.8. The lowest BCUT2D eigenvalue weighted by atomic mass is 9.78. The van der Waals surface area contributed by atoms with Crippen LogP contribution < -0.4 is 0 Å². The van der Waals surface area contributed by atoms with E-state index in [0.717, 1.165) is 45.1 Å². The molecule has 0 aromatic carbocycles. The van der Waals surface area contributed by atoms with Crippen LogP contribution in [-0.2, 0) is 9.59 Å². The third-order valence-electron chi connectivity index (χ3n) is 7.83. The molecule has 0 aromatic rings. The number of imide groups is 1. The van der Waals surface area contributed by atoms with Gasteiger partial charge in [-0.15, -0.1) is 0 Å². The van der Waals surface area contributed by atoms with E-state index in [1.165, 1.54) is 6.42 Å². The zero-order chi connectivity index (χ0) is 19.0. The molecule has 1 aliphatic heterocycles. The first-order valence-corrected chi connectivity index (χ1v) is 10.9. The first-order valence-electron chi connectivity index (χ1n) is 10.9. The van der Waals surface area contributed by atoms with Gasteiger partial charge in [-0.25, -0.2) is 0 Å². The minimum atomic E-state index is -0.0152. The molecule has 152 valence electrons. The molecule has 3 aliphatic carbocycles. The standard InChI is InChI=1S/C21H34N2O4/c24-9-7-22(8-10-25)12-16-3-1-2-4-17(16)13-23-20(26)18-14-5-6-15(11-14)19(18)21(23)27/h14-19,24-25H,1-13H2/t14-,15+,16-,17-,18+,19-/m0/s1. The van der Waals surface area contributed by atoms with Gasteiger partial charge in [-0.2, -0.15) is 0 Å². The summed E-state index contributed by atoms with van der Waals surface area (Å²) in [6, 6.07) is 0. The van der Waals surface area contributed by atoms with E-state index in [1.807, 2.05) is 0 Å². The number of hydrogen-bond acceptors (Lipinski definition) is 5. The molecule has 0 aromatic heterocycles. The maximum atomic E-state index is 13.0. The number of rotatable bonds is 8. The van der Waals surface area contributed by atoms with Gasteiger partial charge >= 0.3 is 0 Å². The summed E-state index contributed by atoms with van der Waals surface area (Å²) in [7, 11) is 0. The van der Waals surface area contributed by atoms with Crippen molar-refractivity contribution in [3.8, 4) is 0 Å². The lowest BCUT2D eigenvalue weighted by molar-refractivity contribution is -0.142. The van der Waals surface area contributed by atoms with Gasteiger partial charge in [0.1, 0.15) is 0 Å². The number of hydrogen-bond donors (Lipinski definition) is 2. The van der Waals surface area contributed by atoms with Crippen molar-refractivity contribution >= 4 is 11.8 Å². The summed E-state index contributed by atoms with van der Waals surface area (Å²) in [6.07, 6.45) is 7.86. The van der Waals surface area contributed by atoms with E-state index >= 15 is 0 Å². The van der Waals surface area contributed by atoms with Gasteiger partial charge in [0, 0.05) is 26.2 Å². The Labute approximate surface area is 161 Å². The van der Waals surface area contributed by atoms with Crippen molar-refractivity contribution in [2.24, 2.45) is 35.5 Å². The second kappa shape index (κ2) is 8.18. The van der Waals surface area contributed by atoms with Crippen LogP contribution in [0.1, 0.15) is 44.9 Å². The van der Waals surface area contributed by atoms with Crippen LogP contribution in [0.2, 0.25) is 0 Å². The van der Waals surface area contributed by atoms with E-state index in [2.05, 4.69) is 4.90 Å². The summed E-state index contributed by atoms with van der Waals surface area (Å²) in [5.41, 5.74) is 0. The van der Waals surface area contributed by atoms with Gasteiger partial charge in [-0.05, 0) is 55.8 Å². The topological polar surface area (TPSA) is 81.1 Å². The maximum absolute atomic E-state index is 13.0. The highest BCUT2D eigenvalue weighted by atomic mass is 16.3. The van der Waals surface area contributed by atoms with E-state index < -0.39 is 0 Å². The van der Waals surface area contributed by atoms with Crippen molar-refractivity contribution in [2.75, 3.05) is 39.4 Å². The summed E-state index contributed by atoms with van der Waals surface area (Å²) in [6.45, 7) is 2.73. The maximum Gasteiger partial charge on any atom is 0.233 e. The highest BCUT2D eigenvalue weighted by Gasteiger charge is 2.61. The second-order valence-electron chi connectivity index (χ2n) is 9.22. The van der Waals surface area contributed by atoms with Gasteiger partial charge < -0.3 is 10.2 Å². The van der Waals surface area contributed by atoms with Gasteiger partial charge in [-0.1, -0.05) is 12.8 Å². The molecular formula is C21H34N2O4. The van der Waals surface area contributed by atoms with Crippen molar-refractivity contribution < 1.29 is 19.8 Å². The first-order chi connectivity index (χ1) is 13.1. The summed E-state index contributed by atoms with van der Waals surface area (Å²) in [5.74, 6) is 1.88. The summed E-state index contributed by atoms with van der Waals surface area (Å²) >= 11 is 0. The smallest absolute Gasteiger partial charge is 0.233 e. The minimum Gasteiger partial charge on any atom is -0.395 e. The van der Waals surface area contributed by atoms with Crippen molar-refractivity contribution in [2.45, 2.75) is 44.9 Å². The third-order valence-corrected chi connectivity index (χ3v) is 7.83. The Balaban J connectivity index is 1.42. The quantitative estimate of drug-likeness (QED) is 0.619. The number of aliphatic hydroxyl groups excluding tert-OH is 2. The monoisotopic (exact) mass is 378 g/mol. The Hall–Kier alpha value is -0.980. The molecule has 2 bridgehead atoms. The Kier molecular flexibility index (Phi) is 5.86. The average molecular weight is 379 g/mol. The Bertz CT molecular complexity index is 534. The third kappa shape index (κ3) is 3.56. The first kappa shape index (κ1) is 19.3. The molecular weight excluding hydrogens is 344 g/mol. The number of likely N-dealkylation sites (tertiary alicyclic amines) is 1. The fourth-order valence-corrected chi connectivity index (χ4v) is 6.56. The van der Waals surface area contributed by atoms with Crippen LogP contribution in [-0.4, -0.2) is 71.2 Å². The fraction of sp³-hybridized carbons (Fsp3) is 0.905. The van der Waals surface area contributed by atoms with Crippen molar-refractivity contribution in [1.29, 1.82) is 0 Å². The van der Waals surface area contributed by atoms with E-state index in [1.54, 1.807) is 4.90 Å². The van der Waals surface area contributed by atoms with E-state index in [-0.39, 0.29) is 36.9 Å². The van der Waals surface area contributed by atoms with Crippen LogP contribution in [0.5, 0.6) is 0 Å². The Morgan fingerprint density at radius 3 is 1.96 bits per heavy atom. The molecule has 4 rings (SSSR count). The molecule has 2 N–H and O–H groups in total. The summed E-state index contributed by atoms with van der Waals surface area (Å²) < 4.78 is 0. The number of carbonyl (C=O) groups excluding carboxylic acids is 2. The molecule has 1 saturated heterocycles. The predicted octanol–water partition coefficient (Wildman–Crippen LogP) is 1.11. The van der Waals surface area contributed by atoms with Crippen LogP contribution >= 0.6 is 0 Å². The lowest BCUT2D eigenvalue weighted by Gasteiger charge is -2.37. The SMILES string of the molecule is O=C1[C@@H]2[C@H]3CC[C@H](C3)[C@@H]2C(=O)N1C[C@@H]1CCCC[C@H]1CN(CCO)CCO. The van der Waals surface area contributed by atoms with Crippen LogP contribution in [0.4, 0.5) is 0 Å². The molecule has 27 heavy (non-hydrogen) atoms. The Morgan fingerprint density at radius 1 is 0.852 bits per heavy atom. The Morgan fingerprint density at radius 2 is 1.41 bits per heavy atom. The number of fused-ring (bicyclic) bond motifs is 5. The molecule has 0 spiro atoms. The predicted molar refractivity (Wildman–Crippen MR) is 101 cm³/mol. The van der Waals surface area contributed by atoms with Gasteiger partial charge in [-0.3, -0.25) is 19.4 Å². The number of nitrogens with zero attached hydrogens (tertiary/aromatic N) is 2. The van der Waals surface area contributed by atoms with Gasteiger partial charge in [0.2, 0.25) is 11.8 Å². The van der Waals surface area contributed by atoms with Gasteiger partial charge in [0.25, 0.3) is 0 Å². The normalized spacial score (nSPS) is 38.3. The van der Waals surface area contributed by atoms with Crippen LogP contribution in [0, 0.1) is 35.5 Å². The van der Waals surface area contributed by atoms with E-state index in [4.69, 9.17) is 0 Å². The zero-order valence-electron chi connectivity index (χ0n) is 16.3. The van der Waals surface area contributed by atoms with Crippen LogP contribution in [0.3, 0.4) is 0 Å². The molecule has 6 heteroatoms. The average Bonchev–Trinajstić information content (AvgIpc) is 3.33. The lowest BCUT2D eigenvalue weighted by Crippen LogP contribution is -2.43.